The Labute approximate surface area is 126 Å². The first-order valence-electron chi connectivity index (χ1n) is 7.42. The first kappa shape index (κ1) is 15.6. The Morgan fingerprint density at radius 1 is 1.30 bits per heavy atom. The molecule has 20 heavy (non-hydrogen) atoms. The molecule has 1 fully saturated rings. The van der Waals surface area contributed by atoms with Gasteiger partial charge in [0.1, 0.15) is 17.5 Å². The van der Waals surface area contributed by atoms with Crippen LogP contribution in [0.3, 0.4) is 0 Å². The summed E-state index contributed by atoms with van der Waals surface area (Å²) in [5.41, 5.74) is 8.05. The number of ether oxygens (including phenoxy) is 1. The third-order valence-corrected chi connectivity index (χ3v) is 4.76. The fraction of sp³-hybridized carbons (Fsp3) is 0.625. The highest BCUT2D eigenvalue weighted by Gasteiger charge is 2.48. The van der Waals surface area contributed by atoms with Crippen molar-refractivity contribution in [1.29, 1.82) is 0 Å². The van der Waals surface area contributed by atoms with Gasteiger partial charge in [0.15, 0.2) is 0 Å². The molecule has 0 amide bonds. The van der Waals surface area contributed by atoms with E-state index in [9.17, 15) is 5.11 Å². The van der Waals surface area contributed by atoms with Crippen molar-refractivity contribution in [3.63, 3.8) is 0 Å². The van der Waals surface area contributed by atoms with Crippen LogP contribution in [0.15, 0.2) is 18.2 Å². The zero-order valence-corrected chi connectivity index (χ0v) is 12.8. The van der Waals surface area contributed by atoms with Gasteiger partial charge in [-0.05, 0) is 49.8 Å². The zero-order chi connectivity index (χ0) is 13.5. The lowest BCUT2D eigenvalue weighted by Crippen LogP contribution is -2.58. The number of aryl methyl sites for hydroxylation is 1. The van der Waals surface area contributed by atoms with Gasteiger partial charge < -0.3 is 15.6 Å². The Kier molecular flexibility index (Phi) is 4.62. The van der Waals surface area contributed by atoms with Crippen molar-refractivity contribution in [1.82, 2.24) is 0 Å². The number of hydrogen-bond donors (Lipinski definition) is 2. The summed E-state index contributed by atoms with van der Waals surface area (Å²) in [5.74, 6) is 0.827. The van der Waals surface area contributed by atoms with E-state index in [-0.39, 0.29) is 24.0 Å². The number of aliphatic hydroxyl groups is 1. The van der Waals surface area contributed by atoms with E-state index < -0.39 is 6.10 Å². The van der Waals surface area contributed by atoms with Gasteiger partial charge >= 0.3 is 0 Å². The SMILES string of the molecule is CCc1ccc2c(c1)C(O)C(N)C1(CCCCC1)O2.Cl. The third-order valence-electron chi connectivity index (χ3n) is 4.76. The molecule has 1 heterocycles. The van der Waals surface area contributed by atoms with E-state index in [1.807, 2.05) is 12.1 Å². The molecule has 0 bridgehead atoms. The second kappa shape index (κ2) is 5.92. The van der Waals surface area contributed by atoms with Gasteiger partial charge in [0, 0.05) is 5.56 Å². The highest BCUT2D eigenvalue weighted by Crippen LogP contribution is 2.45. The van der Waals surface area contributed by atoms with Crippen LogP contribution < -0.4 is 10.5 Å². The van der Waals surface area contributed by atoms with Crippen LogP contribution in [-0.2, 0) is 6.42 Å². The molecule has 112 valence electrons. The topological polar surface area (TPSA) is 55.5 Å². The molecule has 1 spiro atoms. The molecule has 1 aromatic carbocycles. The third kappa shape index (κ3) is 2.43. The maximum atomic E-state index is 10.6. The molecule has 0 radical (unpaired) electrons. The second-order valence-electron chi connectivity index (χ2n) is 5.92. The minimum absolute atomic E-state index is 0. The molecular weight excluding hydrogens is 274 g/mol. The predicted octanol–water partition coefficient (Wildman–Crippen LogP) is 3.13. The van der Waals surface area contributed by atoms with E-state index in [0.29, 0.717) is 0 Å². The molecule has 1 saturated carbocycles. The molecule has 2 atom stereocenters. The minimum atomic E-state index is -0.603. The molecule has 3 rings (SSSR count). The summed E-state index contributed by atoms with van der Waals surface area (Å²) in [6, 6.07) is 5.81. The van der Waals surface area contributed by atoms with Crippen LogP contribution >= 0.6 is 12.4 Å². The van der Waals surface area contributed by atoms with Gasteiger partial charge in [-0.25, -0.2) is 0 Å². The lowest BCUT2D eigenvalue weighted by atomic mass is 9.74. The summed E-state index contributed by atoms with van der Waals surface area (Å²) in [6.45, 7) is 2.11. The largest absolute Gasteiger partial charge is 0.485 e. The van der Waals surface area contributed by atoms with E-state index in [4.69, 9.17) is 10.5 Å². The standard InChI is InChI=1S/C16H23NO2.ClH/c1-2-11-6-7-13-12(10-11)14(18)15(17)16(19-13)8-4-3-5-9-16;/h6-7,10,14-15,18H,2-5,8-9,17H2,1H3;1H. The second-order valence-corrected chi connectivity index (χ2v) is 5.92. The van der Waals surface area contributed by atoms with Crippen molar-refractivity contribution >= 4 is 12.4 Å². The smallest absolute Gasteiger partial charge is 0.127 e. The average Bonchev–Trinajstić information content (AvgIpc) is 2.46. The summed E-state index contributed by atoms with van der Waals surface area (Å²) in [6.07, 6.45) is 5.80. The highest BCUT2D eigenvalue weighted by molar-refractivity contribution is 5.85. The molecule has 1 aromatic rings. The average molecular weight is 298 g/mol. The number of rotatable bonds is 1. The van der Waals surface area contributed by atoms with Crippen LogP contribution in [0.25, 0.3) is 0 Å². The van der Waals surface area contributed by atoms with Gasteiger partial charge in [0.05, 0.1) is 6.04 Å². The van der Waals surface area contributed by atoms with Crippen LogP contribution in [0.5, 0.6) is 5.75 Å². The zero-order valence-electron chi connectivity index (χ0n) is 12.0. The Bertz CT molecular complexity index is 472. The van der Waals surface area contributed by atoms with Gasteiger partial charge in [-0.15, -0.1) is 12.4 Å². The molecule has 3 N–H and O–H groups in total. The van der Waals surface area contributed by atoms with Crippen LogP contribution in [-0.4, -0.2) is 16.7 Å². The summed E-state index contributed by atoms with van der Waals surface area (Å²) in [7, 11) is 0. The van der Waals surface area contributed by atoms with Crippen LogP contribution in [0.1, 0.15) is 56.3 Å². The van der Waals surface area contributed by atoms with E-state index in [1.54, 1.807) is 0 Å². The number of nitrogens with two attached hydrogens (primary N) is 1. The summed E-state index contributed by atoms with van der Waals surface area (Å²) in [5, 5.41) is 10.6. The lowest BCUT2D eigenvalue weighted by molar-refractivity contribution is -0.0582. The van der Waals surface area contributed by atoms with Crippen molar-refractivity contribution < 1.29 is 9.84 Å². The Morgan fingerprint density at radius 2 is 2.00 bits per heavy atom. The molecule has 0 aromatic heterocycles. The molecule has 0 saturated heterocycles. The van der Waals surface area contributed by atoms with Crippen molar-refractivity contribution in [3.05, 3.63) is 29.3 Å². The molecule has 3 nitrogen and oxygen atoms in total. The number of hydrogen-bond acceptors (Lipinski definition) is 3. The number of fused-ring (bicyclic) bond motifs is 1. The number of aliphatic hydroxyl groups excluding tert-OH is 1. The fourth-order valence-electron chi connectivity index (χ4n) is 3.50. The summed E-state index contributed by atoms with van der Waals surface area (Å²) < 4.78 is 6.26. The molecule has 1 aliphatic heterocycles. The lowest BCUT2D eigenvalue weighted by Gasteiger charge is -2.47. The fourth-order valence-corrected chi connectivity index (χ4v) is 3.50. The first-order chi connectivity index (χ1) is 9.16. The Hall–Kier alpha value is -0.770. The van der Waals surface area contributed by atoms with E-state index >= 15 is 0 Å². The van der Waals surface area contributed by atoms with E-state index in [2.05, 4.69) is 13.0 Å². The van der Waals surface area contributed by atoms with Gasteiger partial charge in [-0.1, -0.05) is 19.4 Å². The Balaban J connectivity index is 0.00000147. The first-order valence-corrected chi connectivity index (χ1v) is 7.42. The molecule has 4 heteroatoms. The van der Waals surface area contributed by atoms with Crippen molar-refractivity contribution in [2.75, 3.05) is 0 Å². The summed E-state index contributed by atoms with van der Waals surface area (Å²) >= 11 is 0. The minimum Gasteiger partial charge on any atom is -0.485 e. The molecule has 2 aliphatic rings. The monoisotopic (exact) mass is 297 g/mol. The summed E-state index contributed by atoms with van der Waals surface area (Å²) in [4.78, 5) is 0. The van der Waals surface area contributed by atoms with Crippen LogP contribution in [0.2, 0.25) is 0 Å². The normalized spacial score (nSPS) is 27.4. The maximum absolute atomic E-state index is 10.6. The predicted molar refractivity (Wildman–Crippen MR) is 82.4 cm³/mol. The number of benzene rings is 1. The highest BCUT2D eigenvalue weighted by atomic mass is 35.5. The van der Waals surface area contributed by atoms with E-state index in [0.717, 1.165) is 43.4 Å². The van der Waals surface area contributed by atoms with Crippen molar-refractivity contribution in [3.8, 4) is 5.75 Å². The quantitative estimate of drug-likeness (QED) is 0.837. The Morgan fingerprint density at radius 3 is 2.65 bits per heavy atom. The molecular formula is C16H24ClNO2. The maximum Gasteiger partial charge on any atom is 0.127 e. The van der Waals surface area contributed by atoms with Gasteiger partial charge in [0.2, 0.25) is 0 Å². The van der Waals surface area contributed by atoms with E-state index in [1.165, 1.54) is 12.0 Å². The molecule has 1 aliphatic carbocycles. The van der Waals surface area contributed by atoms with Gasteiger partial charge in [-0.3, -0.25) is 0 Å². The van der Waals surface area contributed by atoms with Crippen LogP contribution in [0.4, 0.5) is 0 Å². The number of halogens is 1. The van der Waals surface area contributed by atoms with Crippen LogP contribution in [0, 0.1) is 0 Å². The van der Waals surface area contributed by atoms with Gasteiger partial charge in [0.25, 0.3) is 0 Å². The van der Waals surface area contributed by atoms with Crippen molar-refractivity contribution in [2.24, 2.45) is 5.73 Å². The van der Waals surface area contributed by atoms with Gasteiger partial charge in [-0.2, -0.15) is 0 Å². The van der Waals surface area contributed by atoms with Crippen molar-refractivity contribution in [2.45, 2.75) is 63.2 Å². The molecule has 2 unspecified atom stereocenters.